The van der Waals surface area contributed by atoms with Crippen molar-refractivity contribution in [2.24, 2.45) is 0 Å². The second kappa shape index (κ2) is 7.46. The van der Waals surface area contributed by atoms with Crippen molar-refractivity contribution in [2.75, 3.05) is 23.4 Å². The number of anilines is 3. The lowest BCUT2D eigenvalue weighted by Crippen LogP contribution is -2.43. The van der Waals surface area contributed by atoms with Crippen LogP contribution in [0.4, 0.5) is 17.4 Å². The van der Waals surface area contributed by atoms with Gasteiger partial charge in [0.2, 0.25) is 0 Å². The molecular weight excluding hydrogens is 440 g/mol. The van der Waals surface area contributed by atoms with Gasteiger partial charge >= 0.3 is 12.0 Å². The minimum atomic E-state index is 0.297. The van der Waals surface area contributed by atoms with Crippen LogP contribution in [0.25, 0.3) is 39.3 Å². The molecule has 3 aromatic heterocycles. The van der Waals surface area contributed by atoms with E-state index in [9.17, 15) is 0 Å². The number of hydrogen-bond donors (Lipinski definition) is 0. The Kier molecular flexibility index (Phi) is 4.23. The van der Waals surface area contributed by atoms with E-state index in [-0.39, 0.29) is 0 Å². The van der Waals surface area contributed by atoms with Crippen molar-refractivity contribution in [3.05, 3.63) is 79.1 Å². The van der Waals surface area contributed by atoms with Crippen molar-refractivity contribution in [3.63, 3.8) is 0 Å². The first kappa shape index (κ1) is 19.8. The molecule has 0 aliphatic carbocycles. The zero-order chi connectivity index (χ0) is 23.5. The van der Waals surface area contributed by atoms with E-state index in [1.165, 1.54) is 0 Å². The van der Waals surface area contributed by atoms with E-state index in [4.69, 9.17) is 13.8 Å². The molecule has 4 heterocycles. The van der Waals surface area contributed by atoms with Gasteiger partial charge in [-0.1, -0.05) is 30.3 Å². The quantitative estimate of drug-likeness (QED) is 0.329. The average Bonchev–Trinajstić information content (AvgIpc) is 3.63. The molecule has 172 valence electrons. The molecule has 0 radical (unpaired) electrons. The first-order valence-corrected chi connectivity index (χ1v) is 11.5. The molecule has 8 nitrogen and oxygen atoms in total. The van der Waals surface area contributed by atoms with Crippen LogP contribution in [0, 0.1) is 0 Å². The molecule has 8 heteroatoms. The lowest BCUT2D eigenvalue weighted by molar-refractivity contribution is 0.543. The predicted octanol–water partition coefficient (Wildman–Crippen LogP) is 5.80. The minimum Gasteiger partial charge on any atom is -0.423 e. The predicted molar refractivity (Wildman–Crippen MR) is 135 cm³/mol. The number of fused-ring (bicyclic) bond motifs is 3. The maximum absolute atomic E-state index is 6.14. The fraction of sp³-hybridized carbons (Fsp3) is 0.148. The van der Waals surface area contributed by atoms with Crippen LogP contribution in [0.5, 0.6) is 0 Å². The Bertz CT molecular complexity index is 1630. The highest BCUT2D eigenvalue weighted by atomic mass is 16.4. The summed E-state index contributed by atoms with van der Waals surface area (Å²) < 4.78 is 13.7. The number of hydrogen-bond acceptors (Lipinski definition) is 7. The van der Waals surface area contributed by atoms with Crippen molar-refractivity contribution >= 4 is 39.6 Å². The van der Waals surface area contributed by atoms with Gasteiger partial charge in [-0.15, -0.1) is 0 Å². The summed E-state index contributed by atoms with van der Waals surface area (Å²) in [6.45, 7) is 2.97. The number of oxazole rings is 2. The van der Waals surface area contributed by atoms with Gasteiger partial charge in [-0.3, -0.25) is 4.90 Å². The van der Waals surface area contributed by atoms with E-state index in [1.807, 2.05) is 60.9 Å². The van der Waals surface area contributed by atoms with Crippen LogP contribution in [0.2, 0.25) is 0 Å². The van der Waals surface area contributed by atoms with Gasteiger partial charge in [0.1, 0.15) is 11.0 Å². The monoisotopic (exact) mass is 462 g/mol. The molecule has 0 spiro atoms. The highest BCUT2D eigenvalue weighted by molar-refractivity contribution is 5.84. The molecule has 3 aromatic carbocycles. The summed E-state index contributed by atoms with van der Waals surface area (Å²) in [7, 11) is 2.12. The Morgan fingerprint density at radius 2 is 1.49 bits per heavy atom. The third-order valence-electron chi connectivity index (χ3n) is 6.66. The fourth-order valence-corrected chi connectivity index (χ4v) is 4.63. The second-order valence-electron chi connectivity index (χ2n) is 8.88. The summed E-state index contributed by atoms with van der Waals surface area (Å²) in [5.41, 5.74) is 7.35. The average molecular weight is 463 g/mol. The topological polar surface area (TPSA) is 76.4 Å². The van der Waals surface area contributed by atoms with E-state index in [1.54, 1.807) is 4.68 Å². The molecule has 6 aromatic rings. The molecule has 0 fully saturated rings. The summed E-state index contributed by atoms with van der Waals surface area (Å²) in [5, 5.41) is 4.51. The maximum Gasteiger partial charge on any atom is 0.323 e. The Morgan fingerprint density at radius 1 is 0.800 bits per heavy atom. The normalized spacial score (nSPS) is 15.8. The Hall–Kier alpha value is -4.59. The minimum absolute atomic E-state index is 0.297. The SMILES string of the molecule is CC1CN(c2nc3ccccc3o2)c2cc(-c3cnn(-c4nc5ccccc5o4)c3)ccc2N1C. The number of benzene rings is 3. The van der Waals surface area contributed by atoms with Gasteiger partial charge < -0.3 is 13.7 Å². The Balaban J connectivity index is 1.30. The van der Waals surface area contributed by atoms with E-state index in [0.717, 1.165) is 51.2 Å². The summed E-state index contributed by atoms with van der Waals surface area (Å²) in [6, 6.07) is 23.3. The van der Waals surface area contributed by atoms with Gasteiger partial charge in [-0.25, -0.2) is 0 Å². The van der Waals surface area contributed by atoms with E-state index in [2.05, 4.69) is 52.1 Å². The number of rotatable bonds is 3. The van der Waals surface area contributed by atoms with Crippen molar-refractivity contribution in [1.82, 2.24) is 19.7 Å². The number of nitrogens with zero attached hydrogens (tertiary/aromatic N) is 6. The van der Waals surface area contributed by atoms with Crippen LogP contribution < -0.4 is 9.80 Å². The first-order chi connectivity index (χ1) is 17.1. The molecular formula is C27H22N6O2. The second-order valence-corrected chi connectivity index (χ2v) is 8.88. The van der Waals surface area contributed by atoms with Gasteiger partial charge in [-0.05, 0) is 48.9 Å². The summed E-state index contributed by atoms with van der Waals surface area (Å²) in [4.78, 5) is 13.8. The van der Waals surface area contributed by atoms with Crippen LogP contribution >= 0.6 is 0 Å². The van der Waals surface area contributed by atoms with Crippen molar-refractivity contribution in [3.8, 4) is 17.1 Å². The van der Waals surface area contributed by atoms with Crippen LogP contribution in [-0.2, 0) is 0 Å². The van der Waals surface area contributed by atoms with Gasteiger partial charge in [0, 0.05) is 31.4 Å². The summed E-state index contributed by atoms with van der Waals surface area (Å²) in [6.07, 6.45) is 3.76. The zero-order valence-corrected chi connectivity index (χ0v) is 19.3. The molecule has 7 rings (SSSR count). The van der Waals surface area contributed by atoms with Crippen LogP contribution in [0.1, 0.15) is 6.92 Å². The lowest BCUT2D eigenvalue weighted by atomic mass is 10.0. The Labute approximate surface area is 201 Å². The molecule has 35 heavy (non-hydrogen) atoms. The van der Waals surface area contributed by atoms with Gasteiger partial charge in [0.25, 0.3) is 0 Å². The van der Waals surface area contributed by atoms with Crippen LogP contribution in [-0.4, -0.2) is 39.4 Å². The zero-order valence-electron chi connectivity index (χ0n) is 19.3. The molecule has 1 aliphatic heterocycles. The highest BCUT2D eigenvalue weighted by Gasteiger charge is 2.30. The number of para-hydroxylation sites is 4. The van der Waals surface area contributed by atoms with Crippen molar-refractivity contribution in [2.45, 2.75) is 13.0 Å². The fourth-order valence-electron chi connectivity index (χ4n) is 4.63. The maximum atomic E-state index is 6.14. The van der Waals surface area contributed by atoms with Gasteiger partial charge in [0.05, 0.1) is 17.6 Å². The number of aromatic nitrogens is 4. The lowest BCUT2D eigenvalue weighted by Gasteiger charge is -2.39. The highest BCUT2D eigenvalue weighted by Crippen LogP contribution is 2.42. The first-order valence-electron chi connectivity index (χ1n) is 11.5. The molecule has 0 amide bonds. The third-order valence-corrected chi connectivity index (χ3v) is 6.66. The molecule has 0 bridgehead atoms. The van der Waals surface area contributed by atoms with E-state index < -0.39 is 0 Å². The molecule has 1 aliphatic rings. The van der Waals surface area contributed by atoms with Crippen molar-refractivity contribution in [1.29, 1.82) is 0 Å². The third kappa shape index (κ3) is 3.18. The summed E-state index contributed by atoms with van der Waals surface area (Å²) in [5.74, 6) is 0. The van der Waals surface area contributed by atoms with Crippen molar-refractivity contribution < 1.29 is 8.83 Å². The van der Waals surface area contributed by atoms with Crippen LogP contribution in [0.3, 0.4) is 0 Å². The summed E-state index contributed by atoms with van der Waals surface area (Å²) >= 11 is 0. The van der Waals surface area contributed by atoms with E-state index >= 15 is 0 Å². The molecule has 1 unspecified atom stereocenters. The Morgan fingerprint density at radius 3 is 2.23 bits per heavy atom. The van der Waals surface area contributed by atoms with E-state index in [0.29, 0.717) is 18.1 Å². The standard InChI is InChI=1S/C27H22N6O2/c1-17-15-32(26-29-20-7-3-5-9-24(20)34-26)23-13-18(11-12-22(23)31(17)2)19-14-28-33(16-19)27-30-21-8-4-6-10-25(21)35-27/h3-14,16-17H,15H2,1-2H3. The van der Waals surface area contributed by atoms with Gasteiger partial charge in [-0.2, -0.15) is 19.7 Å². The molecule has 0 N–H and O–H groups in total. The largest absolute Gasteiger partial charge is 0.423 e. The van der Waals surface area contributed by atoms with Crippen LogP contribution in [0.15, 0.2) is 88.0 Å². The number of likely N-dealkylation sites (N-methyl/N-ethyl adjacent to an activating group) is 1. The molecule has 0 saturated heterocycles. The molecule has 1 atom stereocenters. The molecule has 0 saturated carbocycles. The smallest absolute Gasteiger partial charge is 0.323 e. The van der Waals surface area contributed by atoms with Gasteiger partial charge in [0.15, 0.2) is 11.2 Å².